The minimum absolute atomic E-state index is 0.170. The zero-order valence-corrected chi connectivity index (χ0v) is 51.9. The van der Waals surface area contributed by atoms with Crippen molar-refractivity contribution in [3.63, 3.8) is 0 Å². The molecule has 2 aromatic heterocycles. The van der Waals surface area contributed by atoms with Gasteiger partial charge in [0.15, 0.2) is 0 Å². The van der Waals surface area contributed by atoms with Gasteiger partial charge >= 0.3 is 0 Å². The molecule has 2 heteroatoms. The quantitative estimate of drug-likeness (QED) is 0.128. The topological polar surface area (TPSA) is 9.86 Å². The third-order valence-electron chi connectivity index (χ3n) is 20.5. The molecule has 0 saturated heterocycles. The molecule has 0 aliphatic heterocycles. The van der Waals surface area contributed by atoms with Gasteiger partial charge in [0.05, 0.1) is 33.4 Å². The molecular formula is C90H64N2. The van der Waals surface area contributed by atoms with E-state index in [9.17, 15) is 0 Å². The fraction of sp³-hybridized carbons (Fsp3) is 0.0667. The van der Waals surface area contributed by atoms with Crippen LogP contribution in [0.1, 0.15) is 72.2 Å². The Morgan fingerprint density at radius 2 is 0.522 bits per heavy atom. The van der Waals surface area contributed by atoms with E-state index in [1.807, 2.05) is 0 Å². The summed E-state index contributed by atoms with van der Waals surface area (Å²) in [5.74, 6) is 0. The summed E-state index contributed by atoms with van der Waals surface area (Å²) in [6.45, 7) is 9.60. The van der Waals surface area contributed by atoms with Crippen LogP contribution in [0.4, 0.5) is 0 Å². The lowest BCUT2D eigenvalue weighted by Gasteiger charge is -2.24. The van der Waals surface area contributed by atoms with Crippen molar-refractivity contribution in [1.29, 1.82) is 0 Å². The molecule has 0 spiro atoms. The first kappa shape index (κ1) is 53.7. The van der Waals surface area contributed by atoms with Crippen molar-refractivity contribution in [3.8, 4) is 67.0 Å². The molecule has 16 aromatic rings. The van der Waals surface area contributed by atoms with Gasteiger partial charge < -0.3 is 9.13 Å². The third-order valence-corrected chi connectivity index (χ3v) is 20.5. The van der Waals surface area contributed by atoms with Crippen LogP contribution >= 0.6 is 0 Å². The van der Waals surface area contributed by atoms with Gasteiger partial charge in [0.1, 0.15) is 0 Å². The number of hydrogen-bond acceptors (Lipinski definition) is 0. The van der Waals surface area contributed by atoms with E-state index in [0.717, 1.165) is 0 Å². The smallest absolute Gasteiger partial charge is 0.0541 e. The molecular weight excluding hydrogens is 1110 g/mol. The molecule has 0 amide bonds. The number of benzene rings is 14. The van der Waals surface area contributed by atoms with E-state index in [1.165, 1.54) is 177 Å². The summed E-state index contributed by atoms with van der Waals surface area (Å²) in [6, 6.07) is 108. The SMILES string of the molecule is CC1(C)c2cc(-c3ccc(/C=C/c4ccc5c(c4)c4ccccc4n5-c4cccc5ccccc45)cc3)ccc2-c2ccc(-c3ccc4c(c3)C(C)(C)c3cc(-c5ccc(/C=C/c6ccc7c(c6)c6ccccc6n7-c6cccc7ccccc67)cc5)ccc3-4)cc21. The first-order valence-corrected chi connectivity index (χ1v) is 32.3. The number of hydrogen-bond donors (Lipinski definition) is 0. The van der Waals surface area contributed by atoms with Crippen molar-refractivity contribution in [1.82, 2.24) is 9.13 Å². The van der Waals surface area contributed by atoms with E-state index in [2.05, 4.69) is 352 Å². The molecule has 0 N–H and O–H groups in total. The van der Waals surface area contributed by atoms with Gasteiger partial charge in [0.2, 0.25) is 0 Å². The second-order valence-electron chi connectivity index (χ2n) is 26.5. The lowest BCUT2D eigenvalue weighted by atomic mass is 9.79. The Morgan fingerprint density at radius 1 is 0.228 bits per heavy atom. The minimum Gasteiger partial charge on any atom is -0.309 e. The van der Waals surface area contributed by atoms with Crippen molar-refractivity contribution >= 4 is 89.5 Å². The van der Waals surface area contributed by atoms with Gasteiger partial charge in [-0.05, 0) is 184 Å². The molecule has 0 saturated carbocycles. The lowest BCUT2D eigenvalue weighted by Crippen LogP contribution is -2.15. The highest BCUT2D eigenvalue weighted by molar-refractivity contribution is 6.13. The second kappa shape index (κ2) is 20.6. The monoisotopic (exact) mass is 1170 g/mol. The highest BCUT2D eigenvalue weighted by Crippen LogP contribution is 2.53. The normalized spacial score (nSPS) is 13.7. The maximum atomic E-state index is 2.47. The fourth-order valence-electron chi connectivity index (χ4n) is 15.7. The molecule has 92 heavy (non-hydrogen) atoms. The summed E-state index contributed by atoms with van der Waals surface area (Å²) >= 11 is 0. The van der Waals surface area contributed by atoms with Gasteiger partial charge in [-0.3, -0.25) is 0 Å². The summed E-state index contributed by atoms with van der Waals surface area (Å²) in [5.41, 5.74) is 29.9. The fourth-order valence-corrected chi connectivity index (χ4v) is 15.7. The van der Waals surface area contributed by atoms with Gasteiger partial charge in [0.25, 0.3) is 0 Å². The number of aromatic nitrogens is 2. The highest BCUT2D eigenvalue weighted by Gasteiger charge is 2.38. The van der Waals surface area contributed by atoms with Gasteiger partial charge in [-0.1, -0.05) is 270 Å². The van der Waals surface area contributed by atoms with Gasteiger partial charge in [0, 0.05) is 43.1 Å². The molecule has 2 aliphatic carbocycles. The van der Waals surface area contributed by atoms with Crippen molar-refractivity contribution in [2.75, 3.05) is 0 Å². The minimum atomic E-state index is -0.170. The Balaban J connectivity index is 0.568. The molecule has 0 radical (unpaired) electrons. The van der Waals surface area contributed by atoms with Crippen LogP contribution in [0, 0.1) is 0 Å². The summed E-state index contributed by atoms with van der Waals surface area (Å²) in [7, 11) is 0. The van der Waals surface area contributed by atoms with E-state index in [4.69, 9.17) is 0 Å². The number of rotatable bonds is 9. The van der Waals surface area contributed by atoms with Crippen molar-refractivity contribution < 1.29 is 0 Å². The lowest BCUT2D eigenvalue weighted by molar-refractivity contribution is 0.660. The van der Waals surface area contributed by atoms with Gasteiger partial charge in [-0.15, -0.1) is 0 Å². The van der Waals surface area contributed by atoms with Crippen LogP contribution in [0.5, 0.6) is 0 Å². The molecule has 0 unspecified atom stereocenters. The van der Waals surface area contributed by atoms with Crippen LogP contribution in [0.3, 0.4) is 0 Å². The zero-order chi connectivity index (χ0) is 61.4. The molecule has 434 valence electrons. The molecule has 0 bridgehead atoms. The van der Waals surface area contributed by atoms with Crippen LogP contribution in [0.15, 0.2) is 291 Å². The number of fused-ring (bicyclic) bond motifs is 14. The Hall–Kier alpha value is -11.3. The molecule has 2 aliphatic rings. The Labute approximate surface area is 536 Å². The zero-order valence-electron chi connectivity index (χ0n) is 51.9. The Kier molecular flexibility index (Phi) is 12.0. The van der Waals surface area contributed by atoms with Crippen LogP contribution in [-0.2, 0) is 10.8 Å². The molecule has 2 heterocycles. The number of para-hydroxylation sites is 2. The maximum Gasteiger partial charge on any atom is 0.0541 e. The third kappa shape index (κ3) is 8.48. The van der Waals surface area contributed by atoms with Gasteiger partial charge in [-0.2, -0.15) is 0 Å². The molecule has 14 aromatic carbocycles. The van der Waals surface area contributed by atoms with E-state index in [1.54, 1.807) is 0 Å². The van der Waals surface area contributed by atoms with Crippen LogP contribution in [0.25, 0.3) is 156 Å². The predicted octanol–water partition coefficient (Wildman–Crippen LogP) is 24.1. The van der Waals surface area contributed by atoms with Crippen LogP contribution in [-0.4, -0.2) is 9.13 Å². The average molecular weight is 1170 g/mol. The largest absolute Gasteiger partial charge is 0.309 e. The molecule has 0 fully saturated rings. The average Bonchev–Trinajstić information content (AvgIpc) is 1.64. The first-order valence-electron chi connectivity index (χ1n) is 32.3. The highest BCUT2D eigenvalue weighted by atomic mass is 15.0. The summed E-state index contributed by atoms with van der Waals surface area (Å²) in [5, 5.41) is 10.0. The Morgan fingerprint density at radius 3 is 0.913 bits per heavy atom. The molecule has 18 rings (SSSR count). The summed E-state index contributed by atoms with van der Waals surface area (Å²) < 4.78 is 4.85. The van der Waals surface area contributed by atoms with Crippen LogP contribution in [0.2, 0.25) is 0 Å². The summed E-state index contributed by atoms with van der Waals surface area (Å²) in [6.07, 6.45) is 8.97. The van der Waals surface area contributed by atoms with Gasteiger partial charge in [-0.25, -0.2) is 0 Å². The first-order chi connectivity index (χ1) is 45.1. The van der Waals surface area contributed by atoms with Crippen molar-refractivity contribution in [2.45, 2.75) is 38.5 Å². The van der Waals surface area contributed by atoms with E-state index in [0.29, 0.717) is 0 Å². The predicted molar refractivity (Wildman–Crippen MR) is 392 cm³/mol. The molecule has 0 atom stereocenters. The Bertz CT molecular complexity index is 5430. The summed E-state index contributed by atoms with van der Waals surface area (Å²) in [4.78, 5) is 0. The van der Waals surface area contributed by atoms with Crippen molar-refractivity contribution in [3.05, 3.63) is 336 Å². The second-order valence-corrected chi connectivity index (χ2v) is 26.5. The standard InChI is InChI=1S/C90H64N2/c1-89(2)79-53-65(61-37-31-57(32-38-61)27-29-59-35-49-87-77(51-59)75-21-9-11-23-85(75)91(87)83-25-13-17-63-15-5-7-19-69(63)83)41-45-71(79)73-47-43-67(55-81(73)89)68-44-48-74-72-46-42-66(54-80(72)90(3,4)82(74)56-68)62-39-33-58(34-40-62)28-30-60-36-50-88-78(52-60)76-22-10-12-24-86(76)92(88)84-26-14-18-64-16-6-8-20-70(64)84/h5-56H,1-4H3/b29-27+,30-28+. The maximum absolute atomic E-state index is 2.47. The number of nitrogens with zero attached hydrogens (tertiary/aromatic N) is 2. The molecule has 2 nitrogen and oxygen atoms in total. The van der Waals surface area contributed by atoms with Crippen molar-refractivity contribution in [2.24, 2.45) is 0 Å². The van der Waals surface area contributed by atoms with E-state index in [-0.39, 0.29) is 10.8 Å². The van der Waals surface area contributed by atoms with E-state index >= 15 is 0 Å². The van der Waals surface area contributed by atoms with Crippen LogP contribution < -0.4 is 0 Å². The van der Waals surface area contributed by atoms with E-state index < -0.39 is 0 Å².